The fourth-order valence-corrected chi connectivity index (χ4v) is 1.40. The van der Waals surface area contributed by atoms with E-state index >= 15 is 0 Å². The normalized spacial score (nSPS) is 22.4. The van der Waals surface area contributed by atoms with E-state index in [4.69, 9.17) is 0 Å². The first kappa shape index (κ1) is 10.1. The van der Waals surface area contributed by atoms with Gasteiger partial charge < -0.3 is 5.32 Å². The number of nitrogens with one attached hydrogen (secondary N) is 1. The Bertz CT molecular complexity index is 218. The zero-order valence-electron chi connectivity index (χ0n) is 7.06. The molecule has 0 aromatic rings. The lowest BCUT2D eigenvalue weighted by Crippen LogP contribution is -2.34. The summed E-state index contributed by atoms with van der Waals surface area (Å²) in [6, 6.07) is 0. The molecule has 74 valence electrons. The summed E-state index contributed by atoms with van der Waals surface area (Å²) in [4.78, 5) is 21.5. The smallest absolute Gasteiger partial charge is 0.315 e. The summed E-state index contributed by atoms with van der Waals surface area (Å²) >= 11 is 0. The first-order valence-electron chi connectivity index (χ1n) is 4.20. The first-order valence-corrected chi connectivity index (χ1v) is 4.20. The average molecular weight is 191 g/mol. The molecule has 1 atom stereocenters. The van der Waals surface area contributed by atoms with Crippen molar-refractivity contribution in [2.75, 3.05) is 6.54 Å². The van der Waals surface area contributed by atoms with E-state index in [0.29, 0.717) is 12.8 Å². The fraction of sp³-hybridized carbons (Fsp3) is 0.750. The van der Waals surface area contributed by atoms with E-state index in [0.717, 1.165) is 6.42 Å². The van der Waals surface area contributed by atoms with Crippen molar-refractivity contribution in [3.63, 3.8) is 0 Å². The van der Waals surface area contributed by atoms with Crippen LogP contribution >= 0.6 is 0 Å². The molecule has 0 bridgehead atoms. The molecule has 0 radical (unpaired) electrons. The van der Waals surface area contributed by atoms with Crippen LogP contribution in [0.3, 0.4) is 0 Å². The number of hydrogen-bond acceptors (Lipinski definition) is 2. The number of Topliss-reactive ketones (excluding diaryl/α,β-unsaturated/α-hetero) is 1. The summed E-state index contributed by atoms with van der Waals surface area (Å²) in [5, 5.41) is 2.04. The van der Waals surface area contributed by atoms with E-state index in [1.807, 2.05) is 5.32 Å². The molecule has 0 heterocycles. The molecule has 13 heavy (non-hydrogen) atoms. The third-order valence-corrected chi connectivity index (χ3v) is 2.15. The van der Waals surface area contributed by atoms with Crippen molar-refractivity contribution < 1.29 is 18.4 Å². The van der Waals surface area contributed by atoms with Crippen LogP contribution in [0.1, 0.15) is 19.3 Å². The number of carbonyl (C=O) groups is 2. The molecular weight excluding hydrogens is 180 g/mol. The lowest BCUT2D eigenvalue weighted by atomic mass is 10.1. The Kier molecular flexibility index (Phi) is 3.33. The van der Waals surface area contributed by atoms with E-state index in [-0.39, 0.29) is 18.2 Å². The molecule has 1 unspecified atom stereocenters. The summed E-state index contributed by atoms with van der Waals surface area (Å²) < 4.78 is 23.4. The van der Waals surface area contributed by atoms with Crippen molar-refractivity contribution >= 4 is 11.7 Å². The van der Waals surface area contributed by atoms with Gasteiger partial charge in [-0.05, 0) is 12.8 Å². The molecule has 3 nitrogen and oxygen atoms in total. The van der Waals surface area contributed by atoms with Crippen molar-refractivity contribution in [2.24, 2.45) is 5.92 Å². The highest BCUT2D eigenvalue weighted by molar-refractivity contribution is 5.84. The Morgan fingerprint density at radius 3 is 2.77 bits per heavy atom. The largest absolute Gasteiger partial charge is 0.350 e. The monoisotopic (exact) mass is 191 g/mol. The molecular formula is C8H11F2NO2. The highest BCUT2D eigenvalue weighted by Crippen LogP contribution is 2.20. The molecule has 0 saturated heterocycles. The molecule has 1 saturated carbocycles. The number of halogens is 2. The number of hydrogen-bond donors (Lipinski definition) is 1. The van der Waals surface area contributed by atoms with Crippen molar-refractivity contribution in [3.8, 4) is 0 Å². The van der Waals surface area contributed by atoms with Crippen LogP contribution in [0.4, 0.5) is 8.78 Å². The van der Waals surface area contributed by atoms with Gasteiger partial charge in [0.1, 0.15) is 5.78 Å². The zero-order chi connectivity index (χ0) is 9.84. The molecule has 0 spiro atoms. The van der Waals surface area contributed by atoms with E-state index < -0.39 is 12.3 Å². The van der Waals surface area contributed by atoms with Gasteiger partial charge in [0, 0.05) is 18.9 Å². The molecule has 1 amide bonds. The fourth-order valence-electron chi connectivity index (χ4n) is 1.40. The number of carbonyl (C=O) groups excluding carboxylic acids is 2. The third-order valence-electron chi connectivity index (χ3n) is 2.15. The van der Waals surface area contributed by atoms with Gasteiger partial charge in [-0.2, -0.15) is 8.78 Å². The average Bonchev–Trinajstić information content (AvgIpc) is 2.47. The Balaban J connectivity index is 2.26. The van der Waals surface area contributed by atoms with Gasteiger partial charge in [0.15, 0.2) is 0 Å². The topological polar surface area (TPSA) is 46.2 Å². The van der Waals surface area contributed by atoms with E-state index in [2.05, 4.69) is 0 Å². The van der Waals surface area contributed by atoms with Crippen LogP contribution in [-0.4, -0.2) is 24.7 Å². The van der Waals surface area contributed by atoms with Gasteiger partial charge >= 0.3 is 6.43 Å². The van der Waals surface area contributed by atoms with Crippen LogP contribution in [0.5, 0.6) is 0 Å². The van der Waals surface area contributed by atoms with Crippen LogP contribution in [0.25, 0.3) is 0 Å². The van der Waals surface area contributed by atoms with Crippen LogP contribution < -0.4 is 5.32 Å². The Morgan fingerprint density at radius 1 is 1.62 bits per heavy atom. The summed E-state index contributed by atoms with van der Waals surface area (Å²) in [6.07, 6.45) is -0.984. The van der Waals surface area contributed by atoms with Crippen LogP contribution in [0.2, 0.25) is 0 Å². The lowest BCUT2D eigenvalue weighted by molar-refractivity contribution is -0.132. The third kappa shape index (κ3) is 2.75. The summed E-state index contributed by atoms with van der Waals surface area (Å²) in [5.74, 6) is -1.48. The standard InChI is InChI=1S/C8H11F2NO2/c9-7(10)8(13)11-4-5-2-1-3-6(5)12/h5,7H,1-4H2,(H,11,13). The van der Waals surface area contributed by atoms with Gasteiger partial charge in [-0.3, -0.25) is 9.59 Å². The van der Waals surface area contributed by atoms with Crippen LogP contribution in [0.15, 0.2) is 0 Å². The van der Waals surface area contributed by atoms with Gasteiger partial charge in [-0.1, -0.05) is 0 Å². The molecule has 1 N–H and O–H groups in total. The van der Waals surface area contributed by atoms with Gasteiger partial charge in [-0.15, -0.1) is 0 Å². The van der Waals surface area contributed by atoms with Crippen molar-refractivity contribution in [1.29, 1.82) is 0 Å². The number of alkyl halides is 2. The summed E-state index contributed by atoms with van der Waals surface area (Å²) in [5.41, 5.74) is 0. The second-order valence-electron chi connectivity index (χ2n) is 3.10. The number of amides is 1. The zero-order valence-corrected chi connectivity index (χ0v) is 7.06. The van der Waals surface area contributed by atoms with Crippen molar-refractivity contribution in [3.05, 3.63) is 0 Å². The van der Waals surface area contributed by atoms with E-state index in [1.54, 1.807) is 0 Å². The van der Waals surface area contributed by atoms with Gasteiger partial charge in [-0.25, -0.2) is 0 Å². The lowest BCUT2D eigenvalue weighted by Gasteiger charge is -2.08. The Morgan fingerprint density at radius 2 is 2.31 bits per heavy atom. The Hall–Kier alpha value is -1.00. The predicted octanol–water partition coefficient (Wildman–Crippen LogP) is 0.737. The molecule has 0 aromatic carbocycles. The Labute approximate surface area is 74.5 Å². The SMILES string of the molecule is O=C(NCC1CCCC1=O)C(F)F. The second kappa shape index (κ2) is 4.30. The molecule has 1 aliphatic rings. The maximum atomic E-state index is 11.7. The van der Waals surface area contributed by atoms with Gasteiger partial charge in [0.2, 0.25) is 0 Å². The second-order valence-corrected chi connectivity index (χ2v) is 3.10. The molecule has 1 fully saturated rings. The predicted molar refractivity (Wildman–Crippen MR) is 41.4 cm³/mol. The van der Waals surface area contributed by atoms with E-state index in [9.17, 15) is 18.4 Å². The highest BCUT2D eigenvalue weighted by Gasteiger charge is 2.25. The van der Waals surface area contributed by atoms with Gasteiger partial charge in [0.05, 0.1) is 0 Å². The molecule has 1 aliphatic carbocycles. The molecule has 0 aromatic heterocycles. The maximum absolute atomic E-state index is 11.7. The minimum absolute atomic E-state index is 0.0575. The maximum Gasteiger partial charge on any atom is 0.315 e. The van der Waals surface area contributed by atoms with Crippen molar-refractivity contribution in [2.45, 2.75) is 25.7 Å². The van der Waals surface area contributed by atoms with Gasteiger partial charge in [0.25, 0.3) is 5.91 Å². The first-order chi connectivity index (χ1) is 6.11. The summed E-state index contributed by atoms with van der Waals surface area (Å²) in [6.45, 7) is 0.0575. The highest BCUT2D eigenvalue weighted by atomic mass is 19.3. The number of rotatable bonds is 3. The van der Waals surface area contributed by atoms with Crippen LogP contribution in [0, 0.1) is 5.92 Å². The van der Waals surface area contributed by atoms with Crippen molar-refractivity contribution in [1.82, 2.24) is 5.32 Å². The molecule has 1 rings (SSSR count). The minimum Gasteiger partial charge on any atom is -0.350 e. The quantitative estimate of drug-likeness (QED) is 0.715. The molecule has 0 aliphatic heterocycles. The minimum atomic E-state index is -2.99. The van der Waals surface area contributed by atoms with E-state index in [1.165, 1.54) is 0 Å². The molecule has 5 heteroatoms. The number of ketones is 1. The summed E-state index contributed by atoms with van der Waals surface area (Å²) in [7, 11) is 0. The van der Waals surface area contributed by atoms with Crippen LogP contribution in [-0.2, 0) is 9.59 Å².